The first kappa shape index (κ1) is 8.50. The van der Waals surface area contributed by atoms with E-state index in [2.05, 4.69) is 9.88 Å². The standard InChI is InChI=1S/C8H10N2O2S/c1-10(5-2-3-5)8-9-6(4-13-8)7(11)12/h4-5H,2-3H2,1H3,(H,11,12). The summed E-state index contributed by atoms with van der Waals surface area (Å²) in [5.41, 5.74) is 0.146. The molecule has 1 aliphatic rings. The zero-order valence-corrected chi connectivity index (χ0v) is 8.04. The van der Waals surface area contributed by atoms with Crippen LogP contribution in [-0.2, 0) is 0 Å². The fourth-order valence-electron chi connectivity index (χ4n) is 1.14. The summed E-state index contributed by atoms with van der Waals surface area (Å²) in [6.07, 6.45) is 2.39. The number of aromatic nitrogens is 1. The van der Waals surface area contributed by atoms with Gasteiger partial charge in [0.25, 0.3) is 0 Å². The third kappa shape index (κ3) is 1.65. The summed E-state index contributed by atoms with van der Waals surface area (Å²) >= 11 is 1.39. The predicted octanol–water partition coefficient (Wildman–Crippen LogP) is 1.44. The van der Waals surface area contributed by atoms with Gasteiger partial charge in [0.05, 0.1) is 0 Å². The fraction of sp³-hybridized carbons (Fsp3) is 0.500. The van der Waals surface area contributed by atoms with Crippen molar-refractivity contribution < 1.29 is 9.90 Å². The summed E-state index contributed by atoms with van der Waals surface area (Å²) in [4.78, 5) is 16.6. The molecule has 1 aliphatic carbocycles. The number of thiazole rings is 1. The van der Waals surface area contributed by atoms with Crippen LogP contribution in [0.4, 0.5) is 5.13 Å². The lowest BCUT2D eigenvalue weighted by molar-refractivity contribution is 0.0691. The zero-order chi connectivity index (χ0) is 9.42. The van der Waals surface area contributed by atoms with Gasteiger partial charge in [-0.1, -0.05) is 0 Å². The van der Waals surface area contributed by atoms with Gasteiger partial charge in [-0.3, -0.25) is 0 Å². The van der Waals surface area contributed by atoms with Gasteiger partial charge in [-0.05, 0) is 12.8 Å². The van der Waals surface area contributed by atoms with E-state index in [-0.39, 0.29) is 5.69 Å². The number of anilines is 1. The summed E-state index contributed by atoms with van der Waals surface area (Å²) in [6, 6.07) is 0.577. The maximum atomic E-state index is 10.5. The molecule has 1 N–H and O–H groups in total. The topological polar surface area (TPSA) is 53.4 Å². The molecule has 0 spiro atoms. The highest BCUT2D eigenvalue weighted by Crippen LogP contribution is 2.31. The quantitative estimate of drug-likeness (QED) is 0.798. The average molecular weight is 198 g/mol. The Morgan fingerprint density at radius 2 is 2.46 bits per heavy atom. The van der Waals surface area contributed by atoms with E-state index in [9.17, 15) is 4.79 Å². The lowest BCUT2D eigenvalue weighted by atomic mass is 10.5. The fourth-order valence-corrected chi connectivity index (χ4v) is 1.98. The Balaban J connectivity index is 2.16. The van der Waals surface area contributed by atoms with Crippen LogP contribution in [0.15, 0.2) is 5.38 Å². The molecular formula is C8H10N2O2S. The maximum absolute atomic E-state index is 10.5. The monoisotopic (exact) mass is 198 g/mol. The number of hydrogen-bond acceptors (Lipinski definition) is 4. The number of rotatable bonds is 3. The molecule has 5 heteroatoms. The largest absolute Gasteiger partial charge is 0.476 e. The number of hydrogen-bond donors (Lipinski definition) is 1. The van der Waals surface area contributed by atoms with Crippen LogP contribution in [0.1, 0.15) is 23.3 Å². The smallest absolute Gasteiger partial charge is 0.355 e. The van der Waals surface area contributed by atoms with Crippen molar-refractivity contribution in [3.05, 3.63) is 11.1 Å². The van der Waals surface area contributed by atoms with Crippen LogP contribution >= 0.6 is 11.3 Å². The van der Waals surface area contributed by atoms with Crippen molar-refractivity contribution in [1.29, 1.82) is 0 Å². The first-order valence-electron chi connectivity index (χ1n) is 4.10. The molecule has 13 heavy (non-hydrogen) atoms. The third-order valence-corrected chi connectivity index (χ3v) is 3.04. The lowest BCUT2D eigenvalue weighted by Crippen LogP contribution is -2.19. The minimum atomic E-state index is -0.952. The molecule has 1 aromatic rings. The second-order valence-corrected chi connectivity index (χ2v) is 4.00. The molecule has 0 bridgehead atoms. The van der Waals surface area contributed by atoms with Crippen LogP contribution < -0.4 is 4.90 Å². The lowest BCUT2D eigenvalue weighted by Gasteiger charge is -2.13. The van der Waals surface area contributed by atoms with Crippen LogP contribution in [0.3, 0.4) is 0 Å². The minimum absolute atomic E-state index is 0.146. The summed E-state index contributed by atoms with van der Waals surface area (Å²) in [7, 11) is 1.96. The van der Waals surface area contributed by atoms with E-state index in [0.29, 0.717) is 6.04 Å². The number of carboxylic acid groups (broad SMARTS) is 1. The summed E-state index contributed by atoms with van der Waals surface area (Å²) in [6.45, 7) is 0. The first-order valence-corrected chi connectivity index (χ1v) is 4.98. The van der Waals surface area contributed by atoms with Crippen molar-refractivity contribution in [3.8, 4) is 0 Å². The number of aromatic carboxylic acids is 1. The van der Waals surface area contributed by atoms with Crippen LogP contribution in [0.2, 0.25) is 0 Å². The molecule has 1 fully saturated rings. The average Bonchev–Trinajstić information content (AvgIpc) is 2.81. The maximum Gasteiger partial charge on any atom is 0.355 e. The van der Waals surface area contributed by atoms with E-state index in [4.69, 9.17) is 5.11 Å². The van der Waals surface area contributed by atoms with Gasteiger partial charge in [-0.15, -0.1) is 11.3 Å². The van der Waals surface area contributed by atoms with Gasteiger partial charge >= 0.3 is 5.97 Å². The SMILES string of the molecule is CN(c1nc(C(=O)O)cs1)C1CC1. The molecule has 0 saturated heterocycles. The van der Waals surface area contributed by atoms with Gasteiger partial charge in [0.2, 0.25) is 0 Å². The van der Waals surface area contributed by atoms with Gasteiger partial charge in [0.1, 0.15) is 0 Å². The predicted molar refractivity (Wildman–Crippen MR) is 50.5 cm³/mol. The molecule has 0 aromatic carbocycles. The second-order valence-electron chi connectivity index (χ2n) is 3.16. The summed E-state index contributed by atoms with van der Waals surface area (Å²) in [5.74, 6) is -0.952. The molecule has 1 saturated carbocycles. The van der Waals surface area contributed by atoms with Crippen molar-refractivity contribution >= 4 is 22.4 Å². The number of nitrogens with zero attached hydrogens (tertiary/aromatic N) is 2. The molecule has 1 heterocycles. The molecule has 0 aliphatic heterocycles. The molecule has 2 rings (SSSR count). The molecule has 0 amide bonds. The Hall–Kier alpha value is -1.10. The molecule has 0 unspecified atom stereocenters. The third-order valence-electron chi connectivity index (χ3n) is 2.11. The van der Waals surface area contributed by atoms with E-state index in [1.807, 2.05) is 7.05 Å². The normalized spacial score (nSPS) is 15.8. The highest BCUT2D eigenvalue weighted by atomic mass is 32.1. The first-order chi connectivity index (χ1) is 6.18. The Morgan fingerprint density at radius 3 is 2.92 bits per heavy atom. The zero-order valence-electron chi connectivity index (χ0n) is 7.23. The van der Waals surface area contributed by atoms with Crippen molar-refractivity contribution in [1.82, 2.24) is 4.98 Å². The van der Waals surface area contributed by atoms with Crippen molar-refractivity contribution in [2.45, 2.75) is 18.9 Å². The molecule has 0 radical (unpaired) electrons. The van der Waals surface area contributed by atoms with Crippen molar-refractivity contribution in [2.75, 3.05) is 11.9 Å². The van der Waals surface area contributed by atoms with Crippen LogP contribution in [0, 0.1) is 0 Å². The van der Waals surface area contributed by atoms with E-state index < -0.39 is 5.97 Å². The molecule has 4 nitrogen and oxygen atoms in total. The van der Waals surface area contributed by atoms with Gasteiger partial charge < -0.3 is 10.0 Å². The molecule has 1 aromatic heterocycles. The van der Waals surface area contributed by atoms with Gasteiger partial charge in [-0.2, -0.15) is 0 Å². The van der Waals surface area contributed by atoms with Crippen LogP contribution in [-0.4, -0.2) is 29.1 Å². The van der Waals surface area contributed by atoms with Crippen molar-refractivity contribution in [3.63, 3.8) is 0 Å². The Labute approximate surface area is 79.8 Å². The second kappa shape index (κ2) is 2.99. The van der Waals surface area contributed by atoms with E-state index in [1.54, 1.807) is 5.38 Å². The van der Waals surface area contributed by atoms with E-state index >= 15 is 0 Å². The van der Waals surface area contributed by atoms with Gasteiger partial charge in [0.15, 0.2) is 10.8 Å². The Kier molecular flexibility index (Phi) is 1.95. The highest BCUT2D eigenvalue weighted by Gasteiger charge is 2.28. The summed E-state index contributed by atoms with van der Waals surface area (Å²) < 4.78 is 0. The molecule has 70 valence electrons. The summed E-state index contributed by atoms with van der Waals surface area (Å²) in [5, 5.41) is 11.0. The minimum Gasteiger partial charge on any atom is -0.476 e. The number of carbonyl (C=O) groups is 1. The van der Waals surface area contributed by atoms with Crippen LogP contribution in [0.25, 0.3) is 0 Å². The Bertz CT molecular complexity index is 333. The van der Waals surface area contributed by atoms with E-state index in [0.717, 1.165) is 5.13 Å². The molecular weight excluding hydrogens is 188 g/mol. The number of carboxylic acids is 1. The Morgan fingerprint density at radius 1 is 1.77 bits per heavy atom. The van der Waals surface area contributed by atoms with Gasteiger partial charge in [0, 0.05) is 18.5 Å². The van der Waals surface area contributed by atoms with Crippen LogP contribution in [0.5, 0.6) is 0 Å². The van der Waals surface area contributed by atoms with Gasteiger partial charge in [-0.25, -0.2) is 9.78 Å². The highest BCUT2D eigenvalue weighted by molar-refractivity contribution is 7.13. The van der Waals surface area contributed by atoms with E-state index in [1.165, 1.54) is 24.2 Å². The van der Waals surface area contributed by atoms with Crippen molar-refractivity contribution in [2.24, 2.45) is 0 Å². The molecule has 0 atom stereocenters.